The number of nitrogens with one attached hydrogen (secondary N) is 1. The van der Waals surface area contributed by atoms with Crippen LogP contribution in [0.25, 0.3) is 10.1 Å². The van der Waals surface area contributed by atoms with Crippen LogP contribution in [-0.4, -0.2) is 67.2 Å². The van der Waals surface area contributed by atoms with Crippen LogP contribution in [0.4, 0.5) is 10.5 Å². The first-order valence-electron chi connectivity index (χ1n) is 12.8. The van der Waals surface area contributed by atoms with Crippen LogP contribution in [0.3, 0.4) is 0 Å². The van der Waals surface area contributed by atoms with Gasteiger partial charge in [-0.1, -0.05) is 6.07 Å². The summed E-state index contributed by atoms with van der Waals surface area (Å²) in [6.45, 7) is 6.67. The molecule has 1 aromatic heterocycles. The average Bonchev–Trinajstić information content (AvgIpc) is 3.50. The van der Waals surface area contributed by atoms with Crippen molar-refractivity contribution < 1.29 is 4.79 Å². The second-order valence-electron chi connectivity index (χ2n) is 10.4. The highest BCUT2D eigenvalue weighted by Crippen LogP contribution is 2.41. The third-order valence-electron chi connectivity index (χ3n) is 8.41. The molecular formula is C26H36N4OS. The van der Waals surface area contributed by atoms with E-state index >= 15 is 0 Å². The van der Waals surface area contributed by atoms with Crippen molar-refractivity contribution >= 4 is 33.1 Å². The number of urea groups is 1. The number of carbonyl (C=O) groups is 1. The second kappa shape index (κ2) is 8.86. The van der Waals surface area contributed by atoms with Crippen LogP contribution < -0.4 is 10.2 Å². The first-order valence-corrected chi connectivity index (χ1v) is 13.7. The molecule has 1 unspecified atom stereocenters. The zero-order chi connectivity index (χ0) is 21.5. The van der Waals surface area contributed by atoms with Gasteiger partial charge in [-0.25, -0.2) is 4.79 Å². The lowest BCUT2D eigenvalue weighted by Crippen LogP contribution is -2.55. The van der Waals surface area contributed by atoms with Gasteiger partial charge in [-0.3, -0.25) is 4.90 Å². The zero-order valence-corrected chi connectivity index (χ0v) is 19.9. The minimum atomic E-state index is 0.181. The molecule has 3 fully saturated rings. The van der Waals surface area contributed by atoms with Crippen molar-refractivity contribution in [3.05, 3.63) is 29.1 Å². The van der Waals surface area contributed by atoms with Gasteiger partial charge in [0, 0.05) is 60.6 Å². The van der Waals surface area contributed by atoms with E-state index < -0.39 is 0 Å². The summed E-state index contributed by atoms with van der Waals surface area (Å²) >= 11 is 1.91. The van der Waals surface area contributed by atoms with E-state index in [-0.39, 0.29) is 6.03 Å². The van der Waals surface area contributed by atoms with Gasteiger partial charge in [0.1, 0.15) is 0 Å². The Hall–Kier alpha value is -1.79. The van der Waals surface area contributed by atoms with Crippen molar-refractivity contribution in [2.45, 2.75) is 63.5 Å². The lowest BCUT2D eigenvalue weighted by Gasteiger charge is -2.45. The van der Waals surface area contributed by atoms with Crippen LogP contribution in [0, 0.1) is 5.92 Å². The summed E-state index contributed by atoms with van der Waals surface area (Å²) in [7, 11) is 0. The molecule has 0 spiro atoms. The van der Waals surface area contributed by atoms with Gasteiger partial charge < -0.3 is 15.1 Å². The molecule has 1 saturated carbocycles. The molecule has 1 N–H and O–H groups in total. The highest BCUT2D eigenvalue weighted by molar-refractivity contribution is 7.17. The number of nitrogens with zero attached hydrogens (tertiary/aromatic N) is 3. The molecule has 0 radical (unpaired) electrons. The second-order valence-corrected chi connectivity index (χ2v) is 11.3. The first-order chi connectivity index (χ1) is 15.7. The maximum atomic E-state index is 12.4. The van der Waals surface area contributed by atoms with Crippen molar-refractivity contribution in [3.63, 3.8) is 0 Å². The molecule has 4 heterocycles. The Morgan fingerprint density at radius 2 is 1.91 bits per heavy atom. The number of thiophene rings is 1. The number of piperazine rings is 1. The van der Waals surface area contributed by atoms with Crippen molar-refractivity contribution in [1.82, 2.24) is 15.1 Å². The smallest absolute Gasteiger partial charge is 0.317 e. The third kappa shape index (κ3) is 4.01. The van der Waals surface area contributed by atoms with Crippen LogP contribution in [0.5, 0.6) is 0 Å². The van der Waals surface area contributed by atoms with E-state index in [1.807, 2.05) is 16.2 Å². The van der Waals surface area contributed by atoms with Crippen LogP contribution in [-0.2, 0) is 6.42 Å². The Morgan fingerprint density at radius 1 is 1.06 bits per heavy atom. The number of fused-ring (bicyclic) bond motifs is 2. The molecule has 172 valence electrons. The van der Waals surface area contributed by atoms with Crippen molar-refractivity contribution in [2.75, 3.05) is 44.2 Å². The SMILES string of the molecule is O=C(NC1CCC(CCN2CCN3c4cccc5scc(c45)CC3C2)CC1)N1CCCC1. The molecule has 2 amide bonds. The molecule has 1 aromatic carbocycles. The predicted octanol–water partition coefficient (Wildman–Crippen LogP) is 4.70. The number of benzene rings is 1. The van der Waals surface area contributed by atoms with E-state index in [1.54, 1.807) is 5.56 Å². The third-order valence-corrected chi connectivity index (χ3v) is 9.40. The molecular weight excluding hydrogens is 416 g/mol. The summed E-state index contributed by atoms with van der Waals surface area (Å²) in [5, 5.41) is 7.22. The summed E-state index contributed by atoms with van der Waals surface area (Å²) in [4.78, 5) is 19.8. The number of rotatable bonds is 4. The number of hydrogen-bond acceptors (Lipinski definition) is 4. The Balaban J connectivity index is 0.972. The van der Waals surface area contributed by atoms with Crippen LogP contribution in [0.1, 0.15) is 50.5 Å². The Morgan fingerprint density at radius 3 is 2.75 bits per heavy atom. The van der Waals surface area contributed by atoms with E-state index in [9.17, 15) is 4.79 Å². The normalized spacial score (nSPS) is 28.2. The van der Waals surface area contributed by atoms with Gasteiger partial charge in [-0.15, -0.1) is 11.3 Å². The molecule has 0 bridgehead atoms. The highest BCUT2D eigenvalue weighted by atomic mass is 32.1. The number of likely N-dealkylation sites (tertiary alicyclic amines) is 1. The molecule has 2 saturated heterocycles. The highest BCUT2D eigenvalue weighted by Gasteiger charge is 2.33. The van der Waals surface area contributed by atoms with Gasteiger partial charge in [0.25, 0.3) is 0 Å². The Bertz CT molecular complexity index is 960. The summed E-state index contributed by atoms with van der Waals surface area (Å²) in [6.07, 6.45) is 9.72. The van der Waals surface area contributed by atoms with Gasteiger partial charge in [0.15, 0.2) is 0 Å². The average molecular weight is 453 g/mol. The summed E-state index contributed by atoms with van der Waals surface area (Å²) in [6, 6.07) is 8.05. The topological polar surface area (TPSA) is 38.8 Å². The van der Waals surface area contributed by atoms with Crippen molar-refractivity contribution in [1.29, 1.82) is 0 Å². The molecule has 3 aliphatic heterocycles. The summed E-state index contributed by atoms with van der Waals surface area (Å²) < 4.78 is 1.45. The van der Waals surface area contributed by atoms with Crippen molar-refractivity contribution in [3.8, 4) is 0 Å². The number of carbonyl (C=O) groups excluding carboxylic acids is 1. The monoisotopic (exact) mass is 452 g/mol. The fourth-order valence-corrected chi connectivity index (χ4v) is 7.53. The molecule has 2 aromatic rings. The fraction of sp³-hybridized carbons (Fsp3) is 0.654. The van der Waals surface area contributed by atoms with E-state index in [4.69, 9.17) is 0 Å². The molecule has 1 atom stereocenters. The number of hydrogen-bond donors (Lipinski definition) is 1. The van der Waals surface area contributed by atoms with Gasteiger partial charge in [0.05, 0.1) is 0 Å². The van der Waals surface area contributed by atoms with Crippen LogP contribution in [0.2, 0.25) is 0 Å². The fourth-order valence-electron chi connectivity index (χ4n) is 6.54. The molecule has 32 heavy (non-hydrogen) atoms. The van der Waals surface area contributed by atoms with Gasteiger partial charge in [-0.2, -0.15) is 0 Å². The Labute approximate surface area is 195 Å². The first kappa shape index (κ1) is 20.8. The van der Waals surface area contributed by atoms with E-state index in [0.29, 0.717) is 12.1 Å². The maximum absolute atomic E-state index is 12.4. The predicted molar refractivity (Wildman–Crippen MR) is 133 cm³/mol. The minimum absolute atomic E-state index is 0.181. The lowest BCUT2D eigenvalue weighted by atomic mass is 9.84. The lowest BCUT2D eigenvalue weighted by molar-refractivity contribution is 0.181. The summed E-state index contributed by atoms with van der Waals surface area (Å²) in [5.74, 6) is 0.830. The van der Waals surface area contributed by atoms with Crippen LogP contribution in [0.15, 0.2) is 23.6 Å². The van der Waals surface area contributed by atoms with Gasteiger partial charge >= 0.3 is 6.03 Å². The maximum Gasteiger partial charge on any atom is 0.317 e. The molecule has 4 aliphatic rings. The van der Waals surface area contributed by atoms with E-state index in [2.05, 4.69) is 38.7 Å². The standard InChI is InChI=1S/C26H36N4OS/c31-26(29-11-1-2-12-29)27-21-8-6-19(7-9-21)10-13-28-14-15-30-22(17-28)16-20-18-32-24-5-3-4-23(30)25(20)24/h3-5,18-19,21-22H,1-2,6-17H2,(H,27,31). The number of amides is 2. The summed E-state index contributed by atoms with van der Waals surface area (Å²) in [5.41, 5.74) is 3.04. The molecule has 5 nitrogen and oxygen atoms in total. The van der Waals surface area contributed by atoms with E-state index in [0.717, 1.165) is 38.4 Å². The van der Waals surface area contributed by atoms with Gasteiger partial charge in [-0.05, 0) is 86.9 Å². The zero-order valence-electron chi connectivity index (χ0n) is 19.1. The minimum Gasteiger partial charge on any atom is -0.365 e. The Kier molecular flexibility index (Phi) is 5.76. The molecule has 1 aliphatic carbocycles. The quantitative estimate of drug-likeness (QED) is 0.731. The van der Waals surface area contributed by atoms with E-state index in [1.165, 1.54) is 73.9 Å². The van der Waals surface area contributed by atoms with Crippen molar-refractivity contribution in [2.24, 2.45) is 5.92 Å². The van der Waals surface area contributed by atoms with Crippen LogP contribution >= 0.6 is 11.3 Å². The molecule has 6 heteroatoms. The largest absolute Gasteiger partial charge is 0.365 e. The molecule has 6 rings (SSSR count). The number of anilines is 1. The van der Waals surface area contributed by atoms with Gasteiger partial charge in [0.2, 0.25) is 0 Å².